The van der Waals surface area contributed by atoms with Crippen LogP contribution in [-0.4, -0.2) is 48.1 Å². The van der Waals surface area contributed by atoms with E-state index in [2.05, 4.69) is 5.32 Å². The highest BCUT2D eigenvalue weighted by Gasteiger charge is 2.40. The Morgan fingerprint density at radius 3 is 2.74 bits per heavy atom. The minimum atomic E-state index is -4.42. The van der Waals surface area contributed by atoms with Gasteiger partial charge in [0.1, 0.15) is 12.6 Å². The smallest absolute Gasteiger partial charge is 0.343 e. The van der Waals surface area contributed by atoms with Crippen LogP contribution in [0.4, 0.5) is 13.2 Å². The molecule has 1 aliphatic heterocycles. The summed E-state index contributed by atoms with van der Waals surface area (Å²) in [4.78, 5) is 24.0. The first kappa shape index (κ1) is 15.7. The van der Waals surface area contributed by atoms with Crippen LogP contribution >= 0.6 is 0 Å². The average molecular weight is 281 g/mol. The number of amides is 2. The SMILES string of the molecule is CCCC(N)C(=O)NC1CCN(CC(F)(F)F)C1=O. The monoisotopic (exact) mass is 281 g/mol. The highest BCUT2D eigenvalue weighted by Crippen LogP contribution is 2.20. The van der Waals surface area contributed by atoms with E-state index in [-0.39, 0.29) is 13.0 Å². The van der Waals surface area contributed by atoms with Gasteiger partial charge < -0.3 is 16.0 Å². The molecule has 0 radical (unpaired) electrons. The van der Waals surface area contributed by atoms with Crippen molar-refractivity contribution in [1.29, 1.82) is 0 Å². The van der Waals surface area contributed by atoms with E-state index in [1.807, 2.05) is 6.92 Å². The Labute approximate surface area is 109 Å². The number of nitrogens with one attached hydrogen (secondary N) is 1. The second kappa shape index (κ2) is 6.23. The van der Waals surface area contributed by atoms with Crippen molar-refractivity contribution >= 4 is 11.8 Å². The van der Waals surface area contributed by atoms with E-state index in [1.165, 1.54) is 0 Å². The summed E-state index contributed by atoms with van der Waals surface area (Å²) in [6.07, 6.45) is -3.06. The molecule has 1 heterocycles. The molecule has 1 fully saturated rings. The third-order valence-corrected chi connectivity index (χ3v) is 2.92. The molecule has 0 aromatic carbocycles. The highest BCUT2D eigenvalue weighted by molar-refractivity contribution is 5.90. The molecule has 3 N–H and O–H groups in total. The Kier molecular flexibility index (Phi) is 5.16. The third-order valence-electron chi connectivity index (χ3n) is 2.92. The molecule has 0 bridgehead atoms. The second-order valence-electron chi connectivity index (χ2n) is 4.62. The first-order valence-corrected chi connectivity index (χ1v) is 6.16. The molecular formula is C11H18F3N3O2. The molecule has 2 unspecified atom stereocenters. The van der Waals surface area contributed by atoms with E-state index in [0.29, 0.717) is 17.7 Å². The van der Waals surface area contributed by atoms with Gasteiger partial charge in [-0.15, -0.1) is 0 Å². The standard InChI is InChI=1S/C11H18F3N3O2/c1-2-3-7(15)9(18)16-8-4-5-17(10(8)19)6-11(12,13)14/h7-8H,2-6,15H2,1H3,(H,16,18). The number of likely N-dealkylation sites (tertiary alicyclic amines) is 1. The zero-order chi connectivity index (χ0) is 14.6. The molecule has 19 heavy (non-hydrogen) atoms. The molecule has 0 spiro atoms. The van der Waals surface area contributed by atoms with Crippen LogP contribution < -0.4 is 11.1 Å². The number of hydrogen-bond acceptors (Lipinski definition) is 3. The molecule has 2 amide bonds. The number of nitrogens with zero attached hydrogens (tertiary/aromatic N) is 1. The molecule has 8 heteroatoms. The van der Waals surface area contributed by atoms with Gasteiger partial charge in [-0.2, -0.15) is 13.2 Å². The summed E-state index contributed by atoms with van der Waals surface area (Å²) in [7, 11) is 0. The number of nitrogens with two attached hydrogens (primary N) is 1. The van der Waals surface area contributed by atoms with Crippen molar-refractivity contribution in [2.45, 2.75) is 44.4 Å². The number of carbonyl (C=O) groups is 2. The van der Waals surface area contributed by atoms with Crippen molar-refractivity contribution in [3.05, 3.63) is 0 Å². The number of halogens is 3. The Balaban J connectivity index is 2.50. The van der Waals surface area contributed by atoms with Crippen LogP contribution in [0.15, 0.2) is 0 Å². The van der Waals surface area contributed by atoms with Gasteiger partial charge in [-0.1, -0.05) is 13.3 Å². The molecule has 0 saturated carbocycles. The van der Waals surface area contributed by atoms with E-state index in [1.54, 1.807) is 0 Å². The first-order valence-electron chi connectivity index (χ1n) is 6.16. The van der Waals surface area contributed by atoms with Crippen LogP contribution in [0, 0.1) is 0 Å². The molecule has 0 aliphatic carbocycles. The van der Waals surface area contributed by atoms with Crippen molar-refractivity contribution in [3.8, 4) is 0 Å². The predicted octanol–water partition coefficient (Wildman–Crippen LogP) is 0.393. The Morgan fingerprint density at radius 1 is 1.58 bits per heavy atom. The van der Waals surface area contributed by atoms with Crippen LogP contribution in [0.2, 0.25) is 0 Å². The van der Waals surface area contributed by atoms with Crippen LogP contribution in [0.3, 0.4) is 0 Å². The van der Waals surface area contributed by atoms with Gasteiger partial charge in [-0.05, 0) is 12.8 Å². The van der Waals surface area contributed by atoms with Gasteiger partial charge in [-0.3, -0.25) is 9.59 Å². The van der Waals surface area contributed by atoms with Crippen molar-refractivity contribution in [2.24, 2.45) is 5.73 Å². The van der Waals surface area contributed by atoms with Gasteiger partial charge in [0.2, 0.25) is 11.8 Å². The van der Waals surface area contributed by atoms with Crippen molar-refractivity contribution in [3.63, 3.8) is 0 Å². The lowest BCUT2D eigenvalue weighted by Crippen LogP contribution is -2.49. The van der Waals surface area contributed by atoms with E-state index in [0.717, 1.165) is 0 Å². The summed E-state index contributed by atoms with van der Waals surface area (Å²) in [6.45, 7) is 0.574. The topological polar surface area (TPSA) is 75.4 Å². The number of carbonyl (C=O) groups excluding carboxylic acids is 2. The van der Waals surface area contributed by atoms with Gasteiger partial charge in [-0.25, -0.2) is 0 Å². The molecular weight excluding hydrogens is 263 g/mol. The molecule has 2 atom stereocenters. The third kappa shape index (κ3) is 4.70. The molecule has 1 rings (SSSR count). The summed E-state index contributed by atoms with van der Waals surface area (Å²) in [5.41, 5.74) is 5.57. The molecule has 1 saturated heterocycles. The zero-order valence-corrected chi connectivity index (χ0v) is 10.7. The number of hydrogen-bond donors (Lipinski definition) is 2. The van der Waals surface area contributed by atoms with E-state index in [9.17, 15) is 22.8 Å². The summed E-state index contributed by atoms with van der Waals surface area (Å²) in [5.74, 6) is -1.19. The average Bonchev–Trinajstić information content (AvgIpc) is 2.60. The van der Waals surface area contributed by atoms with Gasteiger partial charge in [0.05, 0.1) is 6.04 Å². The van der Waals surface area contributed by atoms with E-state index >= 15 is 0 Å². The number of alkyl halides is 3. The summed E-state index contributed by atoms with van der Waals surface area (Å²) in [6, 6.07) is -1.62. The maximum Gasteiger partial charge on any atom is 0.406 e. The number of rotatable bonds is 5. The van der Waals surface area contributed by atoms with Gasteiger partial charge in [0.25, 0.3) is 0 Å². The van der Waals surface area contributed by atoms with E-state index in [4.69, 9.17) is 5.73 Å². The van der Waals surface area contributed by atoms with Crippen LogP contribution in [-0.2, 0) is 9.59 Å². The maximum atomic E-state index is 12.2. The quantitative estimate of drug-likeness (QED) is 0.765. The first-order chi connectivity index (χ1) is 8.74. The van der Waals surface area contributed by atoms with Crippen molar-refractivity contribution in [1.82, 2.24) is 10.2 Å². The van der Waals surface area contributed by atoms with Gasteiger partial charge in [0.15, 0.2) is 0 Å². The zero-order valence-electron chi connectivity index (χ0n) is 10.7. The fraction of sp³-hybridized carbons (Fsp3) is 0.818. The van der Waals surface area contributed by atoms with E-state index < -0.39 is 36.6 Å². The Morgan fingerprint density at radius 2 is 2.21 bits per heavy atom. The van der Waals surface area contributed by atoms with Gasteiger partial charge in [0, 0.05) is 6.54 Å². The fourth-order valence-electron chi connectivity index (χ4n) is 1.97. The Hall–Kier alpha value is -1.31. The predicted molar refractivity (Wildman–Crippen MR) is 62.1 cm³/mol. The molecule has 0 aromatic heterocycles. The lowest BCUT2D eigenvalue weighted by molar-refractivity contribution is -0.158. The second-order valence-corrected chi connectivity index (χ2v) is 4.62. The van der Waals surface area contributed by atoms with Gasteiger partial charge >= 0.3 is 6.18 Å². The summed E-state index contributed by atoms with van der Waals surface area (Å²) >= 11 is 0. The molecule has 110 valence electrons. The lowest BCUT2D eigenvalue weighted by Gasteiger charge is -2.19. The highest BCUT2D eigenvalue weighted by atomic mass is 19.4. The maximum absolute atomic E-state index is 12.2. The van der Waals surface area contributed by atoms with Crippen LogP contribution in [0.5, 0.6) is 0 Å². The summed E-state index contributed by atoms with van der Waals surface area (Å²) in [5, 5.41) is 2.41. The van der Waals surface area contributed by atoms with Crippen LogP contribution in [0.25, 0.3) is 0 Å². The Bertz CT molecular complexity index is 347. The van der Waals surface area contributed by atoms with Crippen LogP contribution in [0.1, 0.15) is 26.2 Å². The van der Waals surface area contributed by atoms with Crippen molar-refractivity contribution in [2.75, 3.05) is 13.1 Å². The molecule has 0 aromatic rings. The minimum absolute atomic E-state index is 0.00763. The molecule has 5 nitrogen and oxygen atoms in total. The lowest BCUT2D eigenvalue weighted by atomic mass is 10.1. The minimum Gasteiger partial charge on any atom is -0.343 e. The largest absolute Gasteiger partial charge is 0.406 e. The fourth-order valence-corrected chi connectivity index (χ4v) is 1.97. The summed E-state index contributed by atoms with van der Waals surface area (Å²) < 4.78 is 36.6. The van der Waals surface area contributed by atoms with Crippen molar-refractivity contribution < 1.29 is 22.8 Å². The normalized spacial score (nSPS) is 21.6. The molecule has 1 aliphatic rings.